The fourth-order valence-electron chi connectivity index (χ4n) is 2.66. The van der Waals surface area contributed by atoms with Gasteiger partial charge in [-0.3, -0.25) is 0 Å². The lowest BCUT2D eigenvalue weighted by molar-refractivity contribution is -0.487. The standard InChI is InChI=1S/C14H8ClF11O/c15-7-4-2-1-3-6(7)8(27)5-9(16)10(17,18)12(21,22)14(25,26)13(23,24)11(9,19)20/h1-4,8,27H,5H2. The molecule has 0 amide bonds. The molecule has 154 valence electrons. The molecule has 1 atom stereocenters. The monoisotopic (exact) mass is 436 g/mol. The molecule has 0 spiro atoms. The first-order valence-electron chi connectivity index (χ1n) is 6.90. The summed E-state index contributed by atoms with van der Waals surface area (Å²) in [5.74, 6) is -35.6. The molecule has 1 aromatic rings. The molecule has 0 bridgehead atoms. The summed E-state index contributed by atoms with van der Waals surface area (Å²) in [6.45, 7) is 0. The number of aliphatic hydroxyl groups is 1. The molecule has 1 saturated carbocycles. The molecule has 1 N–H and O–H groups in total. The van der Waals surface area contributed by atoms with Crippen LogP contribution in [0.5, 0.6) is 0 Å². The van der Waals surface area contributed by atoms with Gasteiger partial charge < -0.3 is 5.11 Å². The Morgan fingerprint density at radius 2 is 1.07 bits per heavy atom. The molecule has 1 fully saturated rings. The smallest absolute Gasteiger partial charge is 0.384 e. The maximum absolute atomic E-state index is 14.5. The fraction of sp³-hybridized carbons (Fsp3) is 0.571. The summed E-state index contributed by atoms with van der Waals surface area (Å²) in [5.41, 5.74) is -6.99. The zero-order chi connectivity index (χ0) is 21.3. The van der Waals surface area contributed by atoms with Gasteiger partial charge in [-0.25, -0.2) is 4.39 Å². The van der Waals surface area contributed by atoms with Crippen LogP contribution in [0, 0.1) is 0 Å². The highest BCUT2D eigenvalue weighted by atomic mass is 35.5. The summed E-state index contributed by atoms with van der Waals surface area (Å²) < 4.78 is 149. The summed E-state index contributed by atoms with van der Waals surface area (Å²) in [5, 5.41) is 9.16. The van der Waals surface area contributed by atoms with Crippen molar-refractivity contribution in [2.24, 2.45) is 0 Å². The second-order valence-corrected chi connectivity index (χ2v) is 6.32. The molecule has 1 aliphatic carbocycles. The van der Waals surface area contributed by atoms with Gasteiger partial charge >= 0.3 is 29.6 Å². The predicted octanol–water partition coefficient (Wildman–Crippen LogP) is 5.66. The Balaban J connectivity index is 2.66. The molecule has 2 rings (SSSR count). The summed E-state index contributed by atoms with van der Waals surface area (Å²) in [6.07, 6.45) is -5.59. The average molecular weight is 437 g/mol. The third kappa shape index (κ3) is 2.41. The maximum Gasteiger partial charge on any atom is 0.384 e. The van der Waals surface area contributed by atoms with Crippen molar-refractivity contribution in [3.8, 4) is 0 Å². The average Bonchev–Trinajstić information content (AvgIpc) is 2.53. The summed E-state index contributed by atoms with van der Waals surface area (Å²) in [6, 6.07) is 3.97. The lowest BCUT2D eigenvalue weighted by atomic mass is 9.69. The first-order valence-corrected chi connectivity index (χ1v) is 7.28. The molecule has 1 nitrogen and oxygen atoms in total. The quantitative estimate of drug-likeness (QED) is 0.606. The third-order valence-corrected chi connectivity index (χ3v) is 4.66. The van der Waals surface area contributed by atoms with E-state index in [9.17, 15) is 53.4 Å². The van der Waals surface area contributed by atoms with Crippen molar-refractivity contribution < 1.29 is 53.4 Å². The Bertz CT molecular complexity index is 704. The van der Waals surface area contributed by atoms with E-state index in [1.807, 2.05) is 0 Å². The number of rotatable bonds is 3. The molecule has 0 aromatic heterocycles. The third-order valence-electron chi connectivity index (χ3n) is 4.31. The van der Waals surface area contributed by atoms with Crippen molar-refractivity contribution in [1.29, 1.82) is 0 Å². The normalized spacial score (nSPS) is 27.7. The topological polar surface area (TPSA) is 20.2 Å². The van der Waals surface area contributed by atoms with E-state index in [1.165, 1.54) is 6.07 Å². The van der Waals surface area contributed by atoms with Gasteiger partial charge in [-0.15, -0.1) is 0 Å². The van der Waals surface area contributed by atoms with Crippen LogP contribution in [0.25, 0.3) is 0 Å². The van der Waals surface area contributed by atoms with Gasteiger partial charge in [0.25, 0.3) is 5.67 Å². The van der Waals surface area contributed by atoms with E-state index in [2.05, 4.69) is 0 Å². The van der Waals surface area contributed by atoms with E-state index < -0.39 is 58.4 Å². The van der Waals surface area contributed by atoms with E-state index in [0.717, 1.165) is 18.2 Å². The molecule has 1 unspecified atom stereocenters. The molecular weight excluding hydrogens is 429 g/mol. The zero-order valence-electron chi connectivity index (χ0n) is 12.6. The van der Waals surface area contributed by atoms with Crippen molar-refractivity contribution in [3.05, 3.63) is 34.9 Å². The van der Waals surface area contributed by atoms with Crippen LogP contribution in [0.15, 0.2) is 24.3 Å². The van der Waals surface area contributed by atoms with Crippen LogP contribution < -0.4 is 0 Å². The van der Waals surface area contributed by atoms with Crippen LogP contribution in [-0.2, 0) is 0 Å². The second kappa shape index (κ2) is 5.85. The maximum atomic E-state index is 14.5. The van der Waals surface area contributed by atoms with Crippen LogP contribution in [0.4, 0.5) is 48.3 Å². The Kier molecular flexibility index (Phi) is 4.77. The van der Waals surface area contributed by atoms with Crippen molar-refractivity contribution in [1.82, 2.24) is 0 Å². The second-order valence-electron chi connectivity index (χ2n) is 5.91. The molecule has 13 heteroatoms. The molecule has 0 saturated heterocycles. The van der Waals surface area contributed by atoms with Crippen molar-refractivity contribution in [2.45, 2.75) is 47.8 Å². The van der Waals surface area contributed by atoms with E-state index in [1.54, 1.807) is 0 Å². The molecule has 0 heterocycles. The van der Waals surface area contributed by atoms with Gasteiger partial charge in [-0.05, 0) is 11.6 Å². The van der Waals surface area contributed by atoms with Gasteiger partial charge in [0.05, 0.1) is 6.10 Å². The van der Waals surface area contributed by atoms with Gasteiger partial charge in [0.15, 0.2) is 0 Å². The van der Waals surface area contributed by atoms with Gasteiger partial charge in [0.2, 0.25) is 0 Å². The largest absolute Gasteiger partial charge is 0.388 e. The predicted molar refractivity (Wildman–Crippen MR) is 69.6 cm³/mol. The summed E-state index contributed by atoms with van der Waals surface area (Å²) in [4.78, 5) is 0. The van der Waals surface area contributed by atoms with Gasteiger partial charge in [0.1, 0.15) is 0 Å². The minimum Gasteiger partial charge on any atom is -0.388 e. The molecule has 27 heavy (non-hydrogen) atoms. The Morgan fingerprint density at radius 1 is 0.704 bits per heavy atom. The highest BCUT2D eigenvalue weighted by molar-refractivity contribution is 6.31. The minimum atomic E-state index is -7.28. The molecule has 1 aliphatic rings. The van der Waals surface area contributed by atoms with Gasteiger partial charge in [0, 0.05) is 11.4 Å². The van der Waals surface area contributed by atoms with Gasteiger partial charge in [-0.1, -0.05) is 29.8 Å². The van der Waals surface area contributed by atoms with E-state index in [4.69, 9.17) is 11.6 Å². The number of aliphatic hydroxyl groups excluding tert-OH is 1. The van der Waals surface area contributed by atoms with E-state index in [-0.39, 0.29) is 0 Å². The van der Waals surface area contributed by atoms with E-state index >= 15 is 0 Å². The lowest BCUT2D eigenvalue weighted by Gasteiger charge is -2.52. The van der Waals surface area contributed by atoms with Gasteiger partial charge in [-0.2, -0.15) is 43.9 Å². The summed E-state index contributed by atoms with van der Waals surface area (Å²) in [7, 11) is 0. The first kappa shape index (κ1) is 22.0. The minimum absolute atomic E-state index is 0.528. The number of hydrogen-bond acceptors (Lipinski definition) is 1. The number of alkyl halides is 11. The van der Waals surface area contributed by atoms with Crippen LogP contribution in [0.2, 0.25) is 5.02 Å². The lowest BCUT2D eigenvalue weighted by Crippen LogP contribution is -2.83. The van der Waals surface area contributed by atoms with Crippen LogP contribution in [0.1, 0.15) is 18.1 Å². The zero-order valence-corrected chi connectivity index (χ0v) is 13.3. The highest BCUT2D eigenvalue weighted by Crippen LogP contribution is 2.70. The Labute approximate surface area is 148 Å². The van der Waals surface area contributed by atoms with Crippen LogP contribution in [-0.4, -0.2) is 40.4 Å². The van der Waals surface area contributed by atoms with E-state index in [0.29, 0.717) is 0 Å². The first-order chi connectivity index (χ1) is 11.9. The Morgan fingerprint density at radius 3 is 1.48 bits per heavy atom. The Hall–Kier alpha value is -1.30. The molecule has 0 aliphatic heterocycles. The van der Waals surface area contributed by atoms with Crippen molar-refractivity contribution in [3.63, 3.8) is 0 Å². The molecular formula is C14H8ClF11O. The van der Waals surface area contributed by atoms with Crippen molar-refractivity contribution in [2.75, 3.05) is 0 Å². The molecule has 0 radical (unpaired) electrons. The fourth-order valence-corrected chi connectivity index (χ4v) is 2.93. The SMILES string of the molecule is OC(CC1(F)C(F)(F)C(F)(F)C(F)(F)C(F)(F)C1(F)F)c1ccccc1Cl. The number of hydrogen-bond donors (Lipinski definition) is 1. The highest BCUT2D eigenvalue weighted by Gasteiger charge is 3.00. The van der Waals surface area contributed by atoms with Crippen molar-refractivity contribution >= 4 is 11.6 Å². The summed E-state index contributed by atoms with van der Waals surface area (Å²) >= 11 is 5.51. The van der Waals surface area contributed by atoms with Crippen LogP contribution >= 0.6 is 11.6 Å². The van der Waals surface area contributed by atoms with Crippen LogP contribution in [0.3, 0.4) is 0 Å². The number of halogens is 12. The number of benzene rings is 1. The molecule has 1 aromatic carbocycles.